The zero-order valence-corrected chi connectivity index (χ0v) is 15.8. The third-order valence-corrected chi connectivity index (χ3v) is 5.62. The number of hydrogen-bond acceptors (Lipinski definition) is 3. The summed E-state index contributed by atoms with van der Waals surface area (Å²) in [5, 5.41) is 5.28. The Morgan fingerprint density at radius 1 is 1.15 bits per heavy atom. The van der Waals surface area contributed by atoms with Gasteiger partial charge < -0.3 is 9.64 Å². The molecule has 1 saturated heterocycles. The number of likely N-dealkylation sites (tertiary alicyclic amines) is 1. The van der Waals surface area contributed by atoms with Crippen molar-refractivity contribution in [3.63, 3.8) is 0 Å². The zero-order valence-electron chi connectivity index (χ0n) is 15.1. The van der Waals surface area contributed by atoms with Crippen LogP contribution in [0.5, 0.6) is 5.75 Å². The van der Waals surface area contributed by atoms with Crippen LogP contribution in [0.1, 0.15) is 47.4 Å². The van der Waals surface area contributed by atoms with Crippen molar-refractivity contribution in [2.75, 3.05) is 13.1 Å². The van der Waals surface area contributed by atoms with Gasteiger partial charge in [-0.2, -0.15) is 5.10 Å². The van der Waals surface area contributed by atoms with Crippen LogP contribution in [0.3, 0.4) is 0 Å². The molecule has 0 bridgehead atoms. The number of carbonyl (C=O) groups excluding carboxylic acids is 1. The molecule has 0 unspecified atom stereocenters. The number of carbonyl (C=O) groups is 1. The Labute approximate surface area is 158 Å². The van der Waals surface area contributed by atoms with Gasteiger partial charge in [-0.3, -0.25) is 9.48 Å². The van der Waals surface area contributed by atoms with E-state index < -0.39 is 0 Å². The summed E-state index contributed by atoms with van der Waals surface area (Å²) in [4.78, 5) is 15.0. The van der Waals surface area contributed by atoms with Crippen molar-refractivity contribution in [2.45, 2.75) is 44.6 Å². The molecule has 1 aliphatic carbocycles. The van der Waals surface area contributed by atoms with Gasteiger partial charge in [-0.1, -0.05) is 11.6 Å². The Bertz CT molecular complexity index is 792. The molecule has 4 rings (SSSR count). The van der Waals surface area contributed by atoms with E-state index in [9.17, 15) is 4.79 Å². The summed E-state index contributed by atoms with van der Waals surface area (Å²) in [6.07, 6.45) is 6.11. The van der Waals surface area contributed by atoms with Gasteiger partial charge in [-0.05, 0) is 49.9 Å². The van der Waals surface area contributed by atoms with Crippen molar-refractivity contribution in [2.24, 2.45) is 7.05 Å². The highest BCUT2D eigenvalue weighted by atomic mass is 35.5. The zero-order chi connectivity index (χ0) is 18.1. The minimum Gasteiger partial charge on any atom is -0.490 e. The molecule has 2 aromatic rings. The molecule has 1 aliphatic heterocycles. The number of nitrogens with zero attached hydrogens (tertiary/aromatic N) is 3. The van der Waals surface area contributed by atoms with Crippen LogP contribution < -0.4 is 4.74 Å². The lowest BCUT2D eigenvalue weighted by molar-refractivity contribution is 0.0584. The third-order valence-electron chi connectivity index (χ3n) is 5.37. The van der Waals surface area contributed by atoms with Gasteiger partial charge in [0.1, 0.15) is 17.5 Å². The van der Waals surface area contributed by atoms with Gasteiger partial charge >= 0.3 is 0 Å². The van der Waals surface area contributed by atoms with Gasteiger partial charge in [0.2, 0.25) is 0 Å². The fourth-order valence-electron chi connectivity index (χ4n) is 3.98. The van der Waals surface area contributed by atoms with E-state index in [2.05, 4.69) is 5.10 Å². The molecule has 2 aliphatic rings. The molecular weight excluding hydrogens is 350 g/mol. The number of hydrogen-bond donors (Lipinski definition) is 0. The molecule has 1 aromatic carbocycles. The molecule has 138 valence electrons. The van der Waals surface area contributed by atoms with E-state index in [-0.39, 0.29) is 12.0 Å². The second kappa shape index (κ2) is 7.31. The van der Waals surface area contributed by atoms with Crippen LogP contribution in [0.2, 0.25) is 5.02 Å². The van der Waals surface area contributed by atoms with Crippen LogP contribution in [0.25, 0.3) is 0 Å². The first-order valence-electron chi connectivity index (χ1n) is 9.38. The molecule has 6 heteroatoms. The molecule has 1 amide bonds. The number of benzene rings is 1. The molecule has 0 saturated carbocycles. The Kier molecular flexibility index (Phi) is 4.90. The van der Waals surface area contributed by atoms with Crippen molar-refractivity contribution in [1.29, 1.82) is 0 Å². The number of fused-ring (bicyclic) bond motifs is 1. The predicted molar refractivity (Wildman–Crippen MR) is 101 cm³/mol. The van der Waals surface area contributed by atoms with E-state index in [4.69, 9.17) is 16.3 Å². The predicted octanol–water partition coefficient (Wildman–Crippen LogP) is 3.64. The van der Waals surface area contributed by atoms with Gasteiger partial charge in [0.15, 0.2) is 0 Å². The number of halogens is 1. The summed E-state index contributed by atoms with van der Waals surface area (Å²) in [6, 6.07) is 7.45. The summed E-state index contributed by atoms with van der Waals surface area (Å²) < 4.78 is 7.82. The van der Waals surface area contributed by atoms with E-state index in [1.54, 1.807) is 4.68 Å². The maximum atomic E-state index is 13.1. The lowest BCUT2D eigenvalue weighted by atomic mass is 9.95. The fourth-order valence-corrected chi connectivity index (χ4v) is 4.11. The number of ether oxygens (including phenoxy) is 1. The molecule has 1 aromatic heterocycles. The van der Waals surface area contributed by atoms with Crippen LogP contribution in [0.15, 0.2) is 24.3 Å². The Hall–Kier alpha value is -2.01. The maximum absolute atomic E-state index is 13.1. The van der Waals surface area contributed by atoms with Crippen molar-refractivity contribution in [3.8, 4) is 5.75 Å². The quantitative estimate of drug-likeness (QED) is 0.825. The van der Waals surface area contributed by atoms with Crippen LogP contribution in [0, 0.1) is 0 Å². The van der Waals surface area contributed by atoms with Gasteiger partial charge in [-0.25, -0.2) is 0 Å². The molecule has 0 spiro atoms. The number of aryl methyl sites for hydroxylation is 2. The van der Waals surface area contributed by atoms with Crippen LogP contribution in [0.4, 0.5) is 0 Å². The molecule has 0 radical (unpaired) electrons. The monoisotopic (exact) mass is 373 g/mol. The average molecular weight is 374 g/mol. The SMILES string of the molecule is Cn1nc2c(c1C(=O)N1CCC(Oc3ccc(Cl)cc3)CC1)CCCC2. The minimum atomic E-state index is 0.119. The first-order valence-corrected chi connectivity index (χ1v) is 9.76. The molecule has 5 nitrogen and oxygen atoms in total. The van der Waals surface area contributed by atoms with Crippen LogP contribution in [-0.4, -0.2) is 39.8 Å². The first kappa shape index (κ1) is 17.4. The summed E-state index contributed by atoms with van der Waals surface area (Å²) in [5.41, 5.74) is 3.07. The lowest BCUT2D eigenvalue weighted by Crippen LogP contribution is -2.42. The van der Waals surface area contributed by atoms with E-state index >= 15 is 0 Å². The molecule has 2 heterocycles. The van der Waals surface area contributed by atoms with E-state index in [0.29, 0.717) is 5.02 Å². The van der Waals surface area contributed by atoms with Crippen LogP contribution in [-0.2, 0) is 19.9 Å². The average Bonchev–Trinajstić information content (AvgIpc) is 2.99. The van der Waals surface area contributed by atoms with E-state index in [1.807, 2.05) is 36.2 Å². The molecule has 0 N–H and O–H groups in total. The summed E-state index contributed by atoms with van der Waals surface area (Å²) >= 11 is 5.91. The number of aromatic nitrogens is 2. The van der Waals surface area contributed by atoms with Crippen molar-refractivity contribution < 1.29 is 9.53 Å². The van der Waals surface area contributed by atoms with Gasteiger partial charge in [0.05, 0.1) is 5.69 Å². The fraction of sp³-hybridized carbons (Fsp3) is 0.500. The van der Waals surface area contributed by atoms with Crippen LogP contribution >= 0.6 is 11.6 Å². The highest BCUT2D eigenvalue weighted by molar-refractivity contribution is 6.30. The lowest BCUT2D eigenvalue weighted by Gasteiger charge is -2.32. The topological polar surface area (TPSA) is 47.4 Å². The minimum absolute atomic E-state index is 0.119. The van der Waals surface area contributed by atoms with Crippen molar-refractivity contribution in [1.82, 2.24) is 14.7 Å². The largest absolute Gasteiger partial charge is 0.490 e. The highest BCUT2D eigenvalue weighted by Crippen LogP contribution is 2.26. The molecule has 26 heavy (non-hydrogen) atoms. The second-order valence-corrected chi connectivity index (χ2v) is 7.60. The molecular formula is C20H24ClN3O2. The summed E-state index contributed by atoms with van der Waals surface area (Å²) in [5.74, 6) is 0.952. The standard InChI is InChI=1S/C20H24ClN3O2/c1-23-19(17-4-2-3-5-18(17)22-23)20(25)24-12-10-16(11-13-24)26-15-8-6-14(21)7-9-15/h6-9,16H,2-5,10-13H2,1H3. The third kappa shape index (κ3) is 3.45. The maximum Gasteiger partial charge on any atom is 0.272 e. The summed E-state index contributed by atoms with van der Waals surface area (Å²) in [7, 11) is 1.89. The second-order valence-electron chi connectivity index (χ2n) is 7.17. The first-order chi connectivity index (χ1) is 12.6. The van der Waals surface area contributed by atoms with E-state index in [1.165, 1.54) is 12.0 Å². The highest BCUT2D eigenvalue weighted by Gasteiger charge is 2.30. The number of amides is 1. The van der Waals surface area contributed by atoms with Crippen molar-refractivity contribution in [3.05, 3.63) is 46.2 Å². The van der Waals surface area contributed by atoms with Gasteiger partial charge in [0.25, 0.3) is 5.91 Å². The Morgan fingerprint density at radius 3 is 2.58 bits per heavy atom. The Balaban J connectivity index is 1.39. The number of rotatable bonds is 3. The van der Waals surface area contributed by atoms with Crippen molar-refractivity contribution >= 4 is 17.5 Å². The van der Waals surface area contributed by atoms with Gasteiger partial charge in [0, 0.05) is 43.6 Å². The molecule has 0 atom stereocenters. The molecule has 1 fully saturated rings. The van der Waals surface area contributed by atoms with E-state index in [0.717, 1.165) is 62.3 Å². The summed E-state index contributed by atoms with van der Waals surface area (Å²) in [6.45, 7) is 1.44. The normalized spacial score (nSPS) is 17.8. The Morgan fingerprint density at radius 2 is 1.85 bits per heavy atom. The smallest absolute Gasteiger partial charge is 0.272 e. The number of piperidine rings is 1. The van der Waals surface area contributed by atoms with Gasteiger partial charge in [-0.15, -0.1) is 0 Å².